The molecule has 0 bridgehead atoms. The number of amidine groups is 1. The van der Waals surface area contributed by atoms with Gasteiger partial charge in [0.1, 0.15) is 5.02 Å². The van der Waals surface area contributed by atoms with Gasteiger partial charge in [0.2, 0.25) is 0 Å². The van der Waals surface area contributed by atoms with Crippen LogP contribution in [0.1, 0.15) is 21.7 Å². The maximum Gasteiger partial charge on any atom is 0.436 e. The van der Waals surface area contributed by atoms with E-state index < -0.39 is 28.6 Å². The van der Waals surface area contributed by atoms with Gasteiger partial charge in [0.25, 0.3) is 0 Å². The SMILES string of the molecule is Cn1nc(C(F)(F)F)c(Cl)c1C(=O)O/N=C(\N)c1ccc(Cl)cc1Cl. The third-order valence-corrected chi connectivity index (χ3v) is 3.79. The van der Waals surface area contributed by atoms with Crippen molar-refractivity contribution >= 4 is 46.6 Å². The van der Waals surface area contributed by atoms with Crippen LogP contribution in [0.15, 0.2) is 23.4 Å². The highest BCUT2D eigenvalue weighted by molar-refractivity contribution is 6.37. The van der Waals surface area contributed by atoms with Crippen molar-refractivity contribution in [1.82, 2.24) is 9.78 Å². The number of alkyl halides is 3. The van der Waals surface area contributed by atoms with Crippen molar-refractivity contribution in [2.24, 2.45) is 17.9 Å². The zero-order valence-electron chi connectivity index (χ0n) is 12.2. The first-order valence-corrected chi connectivity index (χ1v) is 7.45. The number of carbonyl (C=O) groups excluding carboxylic acids is 1. The van der Waals surface area contributed by atoms with Crippen LogP contribution in [0.5, 0.6) is 0 Å². The highest BCUT2D eigenvalue weighted by Gasteiger charge is 2.40. The van der Waals surface area contributed by atoms with Crippen molar-refractivity contribution in [3.05, 3.63) is 50.2 Å². The van der Waals surface area contributed by atoms with E-state index in [2.05, 4.69) is 15.1 Å². The Labute approximate surface area is 153 Å². The summed E-state index contributed by atoms with van der Waals surface area (Å²) in [6, 6.07) is 4.28. The number of rotatable bonds is 3. The Balaban J connectivity index is 2.27. The van der Waals surface area contributed by atoms with Crippen LogP contribution in [0, 0.1) is 0 Å². The van der Waals surface area contributed by atoms with E-state index in [9.17, 15) is 18.0 Å². The van der Waals surface area contributed by atoms with Gasteiger partial charge in [-0.15, -0.1) is 0 Å². The fourth-order valence-electron chi connectivity index (χ4n) is 1.78. The molecule has 134 valence electrons. The topological polar surface area (TPSA) is 82.5 Å². The Bertz CT molecular complexity index is 865. The number of oxime groups is 1. The zero-order chi connectivity index (χ0) is 18.9. The zero-order valence-corrected chi connectivity index (χ0v) is 14.5. The second-order valence-corrected chi connectivity index (χ2v) is 5.83. The second kappa shape index (κ2) is 7.11. The largest absolute Gasteiger partial charge is 0.436 e. The minimum absolute atomic E-state index is 0.141. The Morgan fingerprint density at radius 2 is 1.96 bits per heavy atom. The van der Waals surface area contributed by atoms with Crippen LogP contribution in [-0.2, 0) is 18.1 Å². The summed E-state index contributed by atoms with van der Waals surface area (Å²) in [6.07, 6.45) is -4.83. The summed E-state index contributed by atoms with van der Waals surface area (Å²) in [6.45, 7) is 0. The number of nitrogens with two attached hydrogens (primary N) is 1. The summed E-state index contributed by atoms with van der Waals surface area (Å²) in [4.78, 5) is 16.5. The summed E-state index contributed by atoms with van der Waals surface area (Å²) in [5, 5.41) is 6.09. The molecule has 2 N–H and O–H groups in total. The maximum absolute atomic E-state index is 12.7. The molecule has 25 heavy (non-hydrogen) atoms. The van der Waals surface area contributed by atoms with Gasteiger partial charge in [-0.05, 0) is 18.2 Å². The molecule has 0 atom stereocenters. The van der Waals surface area contributed by atoms with E-state index in [-0.39, 0.29) is 16.4 Å². The summed E-state index contributed by atoms with van der Waals surface area (Å²) in [5.74, 6) is -1.56. The number of halogens is 6. The Kier molecular flexibility index (Phi) is 5.50. The average Bonchev–Trinajstić information content (AvgIpc) is 2.79. The predicted octanol–water partition coefficient (Wildman–Crippen LogP) is 3.88. The smallest absolute Gasteiger partial charge is 0.380 e. The normalized spacial score (nSPS) is 12.4. The van der Waals surface area contributed by atoms with Gasteiger partial charge in [0.15, 0.2) is 17.2 Å². The monoisotopic (exact) mass is 414 g/mol. The molecule has 0 amide bonds. The number of aryl methyl sites for hydroxylation is 1. The molecule has 1 aromatic carbocycles. The van der Waals surface area contributed by atoms with Crippen molar-refractivity contribution in [1.29, 1.82) is 0 Å². The fourth-order valence-corrected chi connectivity index (χ4v) is 2.63. The Morgan fingerprint density at radius 3 is 2.48 bits per heavy atom. The molecule has 0 saturated carbocycles. The molecule has 0 aliphatic heterocycles. The van der Waals surface area contributed by atoms with Gasteiger partial charge in [-0.3, -0.25) is 4.68 Å². The third kappa shape index (κ3) is 4.17. The van der Waals surface area contributed by atoms with Gasteiger partial charge >= 0.3 is 12.1 Å². The number of aromatic nitrogens is 2. The predicted molar refractivity (Wildman–Crippen MR) is 85.8 cm³/mol. The molecule has 0 fully saturated rings. The average molecular weight is 416 g/mol. The van der Waals surface area contributed by atoms with Crippen LogP contribution >= 0.6 is 34.8 Å². The van der Waals surface area contributed by atoms with Crippen LogP contribution in [0.4, 0.5) is 13.2 Å². The lowest BCUT2D eigenvalue weighted by Crippen LogP contribution is -2.17. The van der Waals surface area contributed by atoms with Gasteiger partial charge in [-0.1, -0.05) is 40.0 Å². The lowest BCUT2D eigenvalue weighted by atomic mass is 10.2. The quantitative estimate of drug-likeness (QED) is 0.357. The summed E-state index contributed by atoms with van der Waals surface area (Å²) in [7, 11) is 1.10. The van der Waals surface area contributed by atoms with E-state index in [0.29, 0.717) is 9.70 Å². The van der Waals surface area contributed by atoms with E-state index in [1.165, 1.54) is 18.2 Å². The molecule has 1 aromatic heterocycles. The first kappa shape index (κ1) is 19.4. The number of hydrogen-bond donors (Lipinski definition) is 1. The molecule has 0 aliphatic carbocycles. The molecule has 0 spiro atoms. The van der Waals surface area contributed by atoms with Crippen molar-refractivity contribution < 1.29 is 22.8 Å². The summed E-state index contributed by atoms with van der Waals surface area (Å²) in [5.41, 5.74) is 3.80. The van der Waals surface area contributed by atoms with Crippen LogP contribution < -0.4 is 5.73 Å². The van der Waals surface area contributed by atoms with Crippen LogP contribution in [-0.4, -0.2) is 21.6 Å². The van der Waals surface area contributed by atoms with Gasteiger partial charge < -0.3 is 10.6 Å². The Hall–Kier alpha value is -1.97. The lowest BCUT2D eigenvalue weighted by Gasteiger charge is -2.04. The van der Waals surface area contributed by atoms with Crippen LogP contribution in [0.2, 0.25) is 15.1 Å². The minimum atomic E-state index is -4.83. The summed E-state index contributed by atoms with van der Waals surface area (Å²) >= 11 is 17.2. The molecule has 1 heterocycles. The standard InChI is InChI=1S/C13H8Cl3F3N4O2/c1-23-9(8(16)10(21-23)13(17,18)19)12(24)25-22-11(20)6-3-2-5(14)4-7(6)15/h2-4H,1H3,(H2,20,22). The molecule has 6 nitrogen and oxygen atoms in total. The highest BCUT2D eigenvalue weighted by atomic mass is 35.5. The number of hydrogen-bond acceptors (Lipinski definition) is 4. The van der Waals surface area contributed by atoms with Crippen molar-refractivity contribution in [3.8, 4) is 0 Å². The Morgan fingerprint density at radius 1 is 1.32 bits per heavy atom. The molecular weight excluding hydrogens is 408 g/mol. The highest BCUT2D eigenvalue weighted by Crippen LogP contribution is 2.35. The molecule has 12 heteroatoms. The van der Waals surface area contributed by atoms with Crippen LogP contribution in [0.3, 0.4) is 0 Å². The lowest BCUT2D eigenvalue weighted by molar-refractivity contribution is -0.141. The molecule has 0 unspecified atom stereocenters. The van der Waals surface area contributed by atoms with E-state index in [1.807, 2.05) is 0 Å². The molecule has 2 rings (SSSR count). The van der Waals surface area contributed by atoms with E-state index in [0.717, 1.165) is 7.05 Å². The van der Waals surface area contributed by atoms with Crippen molar-refractivity contribution in [2.75, 3.05) is 0 Å². The van der Waals surface area contributed by atoms with E-state index >= 15 is 0 Å². The molecular formula is C13H8Cl3F3N4O2. The second-order valence-electron chi connectivity index (χ2n) is 4.61. The van der Waals surface area contributed by atoms with E-state index in [1.54, 1.807) is 0 Å². The van der Waals surface area contributed by atoms with Crippen LogP contribution in [0.25, 0.3) is 0 Å². The molecule has 0 saturated heterocycles. The molecule has 2 aromatic rings. The van der Waals surface area contributed by atoms with Gasteiger partial charge in [0.05, 0.1) is 5.02 Å². The van der Waals surface area contributed by atoms with Gasteiger partial charge in [-0.25, -0.2) is 4.79 Å². The molecule has 0 aliphatic rings. The first-order chi connectivity index (χ1) is 11.5. The van der Waals surface area contributed by atoms with Crippen molar-refractivity contribution in [2.45, 2.75) is 6.18 Å². The maximum atomic E-state index is 12.7. The number of carbonyl (C=O) groups is 1. The van der Waals surface area contributed by atoms with Crippen molar-refractivity contribution in [3.63, 3.8) is 0 Å². The fraction of sp³-hybridized carbons (Fsp3) is 0.154. The molecule has 0 radical (unpaired) electrons. The number of benzene rings is 1. The summed E-state index contributed by atoms with van der Waals surface area (Å²) < 4.78 is 38.8. The van der Waals surface area contributed by atoms with Gasteiger partial charge in [0, 0.05) is 17.6 Å². The first-order valence-electron chi connectivity index (χ1n) is 6.32. The van der Waals surface area contributed by atoms with E-state index in [4.69, 9.17) is 40.5 Å². The third-order valence-electron chi connectivity index (χ3n) is 2.89. The minimum Gasteiger partial charge on any atom is -0.380 e. The van der Waals surface area contributed by atoms with Gasteiger partial charge in [-0.2, -0.15) is 18.3 Å². The number of nitrogens with zero attached hydrogens (tertiary/aromatic N) is 3.